The van der Waals surface area contributed by atoms with E-state index < -0.39 is 11.9 Å². The van der Waals surface area contributed by atoms with Gasteiger partial charge in [0.15, 0.2) is 0 Å². The van der Waals surface area contributed by atoms with E-state index in [-0.39, 0.29) is 10.8 Å². The number of imidazole rings is 1. The molecule has 6 heteroatoms. The SMILES string of the molecule is CC1(C)CCC(C)(C)c2cc(-c3nc(-c4ccc(/C=C/C(=O)O)cc4)c(-c4ccc(/C=C/C(=O)O)cc4)[nH]3)ccc21. The molecule has 0 bridgehead atoms. The lowest BCUT2D eigenvalue weighted by atomic mass is 9.63. The van der Waals surface area contributed by atoms with Gasteiger partial charge in [0.2, 0.25) is 0 Å². The Morgan fingerprint density at radius 3 is 1.73 bits per heavy atom. The summed E-state index contributed by atoms with van der Waals surface area (Å²) in [5, 5.41) is 17.9. The van der Waals surface area contributed by atoms with Crippen LogP contribution in [-0.2, 0) is 20.4 Å². The molecule has 0 radical (unpaired) electrons. The fraction of sp³-hybridized carbons (Fsp3) is 0.229. The van der Waals surface area contributed by atoms with Crippen LogP contribution in [0.25, 0.3) is 46.1 Å². The molecule has 3 N–H and O–H groups in total. The van der Waals surface area contributed by atoms with Gasteiger partial charge in [0.25, 0.3) is 0 Å². The molecule has 0 amide bonds. The maximum atomic E-state index is 10.9. The molecule has 41 heavy (non-hydrogen) atoms. The third-order valence-electron chi connectivity index (χ3n) is 8.05. The summed E-state index contributed by atoms with van der Waals surface area (Å²) in [6, 6.07) is 21.9. The summed E-state index contributed by atoms with van der Waals surface area (Å²) >= 11 is 0. The van der Waals surface area contributed by atoms with Crippen LogP contribution in [0.15, 0.2) is 78.9 Å². The quantitative estimate of drug-likeness (QED) is 0.204. The molecule has 1 heterocycles. The third kappa shape index (κ3) is 5.92. The van der Waals surface area contributed by atoms with E-state index in [0.29, 0.717) is 0 Å². The fourth-order valence-corrected chi connectivity index (χ4v) is 5.51. The number of benzene rings is 3. The van der Waals surface area contributed by atoms with Gasteiger partial charge in [0, 0.05) is 28.8 Å². The predicted molar refractivity (Wildman–Crippen MR) is 164 cm³/mol. The molecule has 4 aromatic rings. The summed E-state index contributed by atoms with van der Waals surface area (Å²) in [5.74, 6) is -1.22. The Morgan fingerprint density at radius 1 is 0.707 bits per heavy atom. The number of aliphatic carboxylic acids is 2. The number of aromatic amines is 1. The van der Waals surface area contributed by atoms with Crippen molar-refractivity contribution in [3.63, 3.8) is 0 Å². The van der Waals surface area contributed by atoms with Crippen molar-refractivity contribution >= 4 is 24.1 Å². The summed E-state index contributed by atoms with van der Waals surface area (Å²) in [4.78, 5) is 30.5. The van der Waals surface area contributed by atoms with Gasteiger partial charge >= 0.3 is 11.9 Å². The van der Waals surface area contributed by atoms with Crippen molar-refractivity contribution in [3.05, 3.63) is 101 Å². The zero-order chi connectivity index (χ0) is 29.4. The predicted octanol–water partition coefficient (Wildman–Crippen LogP) is 7.96. The monoisotopic (exact) mass is 546 g/mol. The van der Waals surface area contributed by atoms with Crippen LogP contribution in [0.3, 0.4) is 0 Å². The number of H-pyrrole nitrogens is 1. The number of fused-ring (bicyclic) bond motifs is 1. The second-order valence-corrected chi connectivity index (χ2v) is 11.9. The molecule has 0 atom stereocenters. The van der Waals surface area contributed by atoms with Crippen LogP contribution in [0.1, 0.15) is 62.8 Å². The van der Waals surface area contributed by atoms with Crippen molar-refractivity contribution in [3.8, 4) is 33.9 Å². The first-order chi connectivity index (χ1) is 19.4. The van der Waals surface area contributed by atoms with Crippen LogP contribution < -0.4 is 0 Å². The maximum Gasteiger partial charge on any atom is 0.328 e. The molecule has 0 unspecified atom stereocenters. The number of carboxylic acids is 2. The Labute approximate surface area is 240 Å². The molecule has 6 nitrogen and oxygen atoms in total. The minimum atomic E-state index is -0.994. The smallest absolute Gasteiger partial charge is 0.328 e. The number of hydrogen-bond donors (Lipinski definition) is 3. The molecule has 208 valence electrons. The molecule has 0 aliphatic heterocycles. The number of carbonyl (C=O) groups is 2. The number of carboxylic acid groups (broad SMARTS) is 2. The molecular formula is C35H34N2O4. The van der Waals surface area contributed by atoms with Crippen molar-refractivity contribution < 1.29 is 19.8 Å². The topological polar surface area (TPSA) is 103 Å². The lowest BCUT2D eigenvalue weighted by molar-refractivity contribution is -0.132. The highest BCUT2D eigenvalue weighted by molar-refractivity contribution is 5.87. The van der Waals surface area contributed by atoms with E-state index in [4.69, 9.17) is 15.2 Å². The molecule has 1 aliphatic carbocycles. The average molecular weight is 547 g/mol. The Morgan fingerprint density at radius 2 is 1.20 bits per heavy atom. The van der Waals surface area contributed by atoms with Crippen LogP contribution in [0, 0.1) is 0 Å². The van der Waals surface area contributed by atoms with E-state index in [2.05, 4.69) is 50.9 Å². The number of hydrogen-bond acceptors (Lipinski definition) is 3. The van der Waals surface area contributed by atoms with Gasteiger partial charge in [-0.15, -0.1) is 0 Å². The molecule has 1 aromatic heterocycles. The van der Waals surface area contributed by atoms with Crippen molar-refractivity contribution in [2.24, 2.45) is 0 Å². The number of nitrogens with zero attached hydrogens (tertiary/aromatic N) is 1. The summed E-state index contributed by atoms with van der Waals surface area (Å²) < 4.78 is 0. The Balaban J connectivity index is 1.61. The van der Waals surface area contributed by atoms with Crippen LogP contribution in [-0.4, -0.2) is 32.1 Å². The molecule has 0 saturated heterocycles. The van der Waals surface area contributed by atoms with Gasteiger partial charge in [-0.25, -0.2) is 14.6 Å². The van der Waals surface area contributed by atoms with E-state index in [0.717, 1.165) is 70.0 Å². The van der Waals surface area contributed by atoms with Crippen LogP contribution in [0.5, 0.6) is 0 Å². The lowest BCUT2D eigenvalue weighted by Crippen LogP contribution is -2.33. The highest BCUT2D eigenvalue weighted by atomic mass is 16.4. The lowest BCUT2D eigenvalue weighted by Gasteiger charge is -2.42. The number of aromatic nitrogens is 2. The number of nitrogens with one attached hydrogen (secondary N) is 1. The summed E-state index contributed by atoms with van der Waals surface area (Å²) in [6.45, 7) is 9.25. The zero-order valence-electron chi connectivity index (χ0n) is 23.7. The van der Waals surface area contributed by atoms with E-state index in [1.165, 1.54) is 11.1 Å². The third-order valence-corrected chi connectivity index (χ3v) is 8.05. The van der Waals surface area contributed by atoms with E-state index in [9.17, 15) is 9.59 Å². The van der Waals surface area contributed by atoms with Crippen LogP contribution in [0.4, 0.5) is 0 Å². The highest BCUT2D eigenvalue weighted by Gasteiger charge is 2.37. The van der Waals surface area contributed by atoms with Gasteiger partial charge in [0.1, 0.15) is 5.82 Å². The minimum absolute atomic E-state index is 0.0672. The van der Waals surface area contributed by atoms with Gasteiger partial charge in [-0.05, 0) is 64.1 Å². The minimum Gasteiger partial charge on any atom is -0.478 e. The molecular weight excluding hydrogens is 512 g/mol. The van der Waals surface area contributed by atoms with Gasteiger partial charge in [-0.2, -0.15) is 0 Å². The normalized spacial score (nSPS) is 15.7. The van der Waals surface area contributed by atoms with Crippen LogP contribution >= 0.6 is 0 Å². The first kappa shape index (κ1) is 27.8. The van der Waals surface area contributed by atoms with E-state index in [1.54, 1.807) is 12.2 Å². The Hall–Kier alpha value is -4.71. The molecule has 5 rings (SSSR count). The van der Waals surface area contributed by atoms with Crippen molar-refractivity contribution in [2.75, 3.05) is 0 Å². The van der Waals surface area contributed by atoms with Gasteiger partial charge in [-0.1, -0.05) is 88.4 Å². The fourth-order valence-electron chi connectivity index (χ4n) is 5.51. The number of rotatable bonds is 7. The summed E-state index contributed by atoms with van der Waals surface area (Å²) in [7, 11) is 0. The van der Waals surface area contributed by atoms with E-state index in [1.807, 2.05) is 48.5 Å². The van der Waals surface area contributed by atoms with Crippen molar-refractivity contribution in [2.45, 2.75) is 51.4 Å². The maximum absolute atomic E-state index is 10.9. The first-order valence-electron chi connectivity index (χ1n) is 13.7. The zero-order valence-corrected chi connectivity index (χ0v) is 23.7. The second-order valence-electron chi connectivity index (χ2n) is 11.9. The van der Waals surface area contributed by atoms with Crippen molar-refractivity contribution in [1.82, 2.24) is 9.97 Å². The van der Waals surface area contributed by atoms with Gasteiger partial charge < -0.3 is 15.2 Å². The Kier molecular flexibility index (Phi) is 7.26. The Bertz CT molecular complexity index is 1590. The largest absolute Gasteiger partial charge is 0.478 e. The standard InChI is InChI=1S/C35H34N2O4/c1-34(2)19-20-35(3,4)28-21-26(15-16-27(28)34)33-36-31(24-11-5-22(6-12-24)9-17-29(38)39)32(37-33)25-13-7-23(8-14-25)10-18-30(40)41/h5-18,21H,19-20H2,1-4H3,(H,36,37)(H,38,39)(H,40,41)/b17-9+,18-10+. The molecule has 0 spiro atoms. The molecule has 1 aliphatic rings. The highest BCUT2D eigenvalue weighted by Crippen LogP contribution is 2.47. The van der Waals surface area contributed by atoms with Crippen molar-refractivity contribution in [1.29, 1.82) is 0 Å². The van der Waals surface area contributed by atoms with Gasteiger partial charge in [0.05, 0.1) is 11.4 Å². The summed E-state index contributed by atoms with van der Waals surface area (Å²) in [6.07, 6.45) is 7.63. The molecule has 0 saturated carbocycles. The summed E-state index contributed by atoms with van der Waals surface area (Å²) in [5.41, 5.74) is 8.95. The average Bonchev–Trinajstić information content (AvgIpc) is 3.39. The second kappa shape index (κ2) is 10.7. The van der Waals surface area contributed by atoms with Gasteiger partial charge in [-0.3, -0.25) is 0 Å². The van der Waals surface area contributed by atoms with E-state index >= 15 is 0 Å². The van der Waals surface area contributed by atoms with Crippen LogP contribution in [0.2, 0.25) is 0 Å². The first-order valence-corrected chi connectivity index (χ1v) is 13.7. The molecule has 0 fully saturated rings. The molecule has 3 aromatic carbocycles.